The molecule has 0 amide bonds. The Bertz CT molecular complexity index is 633. The third-order valence-corrected chi connectivity index (χ3v) is 2.71. The Balaban J connectivity index is 2.19. The highest BCUT2D eigenvalue weighted by Gasteiger charge is 2.13. The highest BCUT2D eigenvalue weighted by Crippen LogP contribution is 2.24. The number of para-hydroxylation sites is 1. The molecule has 0 spiro atoms. The fourth-order valence-corrected chi connectivity index (χ4v) is 1.68. The Kier molecular flexibility index (Phi) is 4.11. The number of aldehydes is 1. The second-order valence-corrected chi connectivity index (χ2v) is 3.98. The Labute approximate surface area is 114 Å². The van der Waals surface area contributed by atoms with E-state index in [0.717, 1.165) is 0 Å². The second-order valence-electron chi connectivity index (χ2n) is 3.57. The highest BCUT2D eigenvalue weighted by molar-refractivity contribution is 6.32. The van der Waals surface area contributed by atoms with Crippen LogP contribution >= 0.6 is 11.6 Å². The van der Waals surface area contributed by atoms with Crippen molar-refractivity contribution in [3.63, 3.8) is 0 Å². The van der Waals surface area contributed by atoms with Gasteiger partial charge in [0.15, 0.2) is 12.0 Å². The fraction of sp³-hybridized carbons (Fsp3) is 0.167. The first-order valence-electron chi connectivity index (χ1n) is 5.38. The molecule has 1 aromatic heterocycles. The molecule has 2 aromatic rings. The van der Waals surface area contributed by atoms with Crippen LogP contribution in [0.3, 0.4) is 0 Å². The van der Waals surface area contributed by atoms with Gasteiger partial charge in [-0.2, -0.15) is 5.26 Å². The second kappa shape index (κ2) is 5.98. The molecule has 96 valence electrons. The van der Waals surface area contributed by atoms with E-state index in [2.05, 4.69) is 10.3 Å². The molecule has 0 N–H and O–H groups in total. The summed E-state index contributed by atoms with van der Waals surface area (Å²) in [6.45, 7) is 0.0640. The first-order valence-corrected chi connectivity index (χ1v) is 5.76. The van der Waals surface area contributed by atoms with E-state index >= 15 is 0 Å². The third-order valence-electron chi connectivity index (χ3n) is 2.40. The van der Waals surface area contributed by atoms with Gasteiger partial charge in [0.1, 0.15) is 24.6 Å². The van der Waals surface area contributed by atoms with E-state index in [9.17, 15) is 4.79 Å². The number of ether oxygens (including phenoxy) is 1. The van der Waals surface area contributed by atoms with E-state index in [-0.39, 0.29) is 18.8 Å². The Morgan fingerprint density at radius 3 is 2.95 bits per heavy atom. The number of nitriles is 1. The van der Waals surface area contributed by atoms with Crippen LogP contribution in [-0.4, -0.2) is 21.3 Å². The summed E-state index contributed by atoms with van der Waals surface area (Å²) >= 11 is 5.95. The van der Waals surface area contributed by atoms with Crippen LogP contribution in [0.2, 0.25) is 5.02 Å². The minimum Gasteiger partial charge on any atom is -0.486 e. The van der Waals surface area contributed by atoms with E-state index in [4.69, 9.17) is 21.6 Å². The van der Waals surface area contributed by atoms with Crippen molar-refractivity contribution in [2.45, 2.75) is 13.2 Å². The van der Waals surface area contributed by atoms with Crippen molar-refractivity contribution in [1.82, 2.24) is 15.0 Å². The van der Waals surface area contributed by atoms with Crippen molar-refractivity contribution in [2.24, 2.45) is 0 Å². The number of hydrogen-bond donors (Lipinski definition) is 0. The zero-order valence-corrected chi connectivity index (χ0v) is 10.5. The molecule has 0 aliphatic heterocycles. The number of aromatic nitrogens is 3. The van der Waals surface area contributed by atoms with Gasteiger partial charge in [-0.05, 0) is 12.1 Å². The molecular weight excluding hydrogens is 268 g/mol. The van der Waals surface area contributed by atoms with Gasteiger partial charge in [-0.25, -0.2) is 4.68 Å². The van der Waals surface area contributed by atoms with Crippen LogP contribution in [0, 0.1) is 11.3 Å². The van der Waals surface area contributed by atoms with Gasteiger partial charge >= 0.3 is 0 Å². The van der Waals surface area contributed by atoms with Crippen LogP contribution in [0.25, 0.3) is 0 Å². The van der Waals surface area contributed by atoms with Crippen molar-refractivity contribution in [2.75, 3.05) is 0 Å². The van der Waals surface area contributed by atoms with Crippen LogP contribution in [0.4, 0.5) is 0 Å². The van der Waals surface area contributed by atoms with Gasteiger partial charge in [0.2, 0.25) is 0 Å². The Hall–Kier alpha value is -2.39. The molecule has 7 heteroatoms. The molecule has 0 radical (unpaired) electrons. The summed E-state index contributed by atoms with van der Waals surface area (Å²) in [6.07, 6.45) is 0.576. The van der Waals surface area contributed by atoms with Gasteiger partial charge in [-0.15, -0.1) is 5.10 Å². The van der Waals surface area contributed by atoms with Gasteiger partial charge in [-0.1, -0.05) is 28.9 Å². The molecule has 6 nitrogen and oxygen atoms in total. The molecular formula is C12H9ClN4O2. The molecule has 0 unspecified atom stereocenters. The van der Waals surface area contributed by atoms with Crippen LogP contribution in [0.15, 0.2) is 24.3 Å². The van der Waals surface area contributed by atoms with E-state index < -0.39 is 0 Å². The average Bonchev–Trinajstić information content (AvgIpc) is 2.80. The third kappa shape index (κ3) is 2.89. The van der Waals surface area contributed by atoms with Crippen LogP contribution in [0.5, 0.6) is 5.75 Å². The summed E-state index contributed by atoms with van der Waals surface area (Å²) < 4.78 is 6.83. The minimum absolute atomic E-state index is 0.00204. The van der Waals surface area contributed by atoms with Gasteiger partial charge in [0.25, 0.3) is 0 Å². The molecule has 0 fully saturated rings. The van der Waals surface area contributed by atoms with Crippen LogP contribution in [-0.2, 0) is 13.2 Å². The molecule has 0 saturated heterocycles. The van der Waals surface area contributed by atoms with Crippen molar-refractivity contribution in [1.29, 1.82) is 5.26 Å². The van der Waals surface area contributed by atoms with Gasteiger partial charge in [0.05, 0.1) is 11.1 Å². The Morgan fingerprint density at radius 1 is 1.47 bits per heavy atom. The molecule has 1 heterocycles. The molecule has 1 aromatic carbocycles. The normalized spacial score (nSPS) is 9.89. The SMILES string of the molecule is N#CCn1nnc(C=O)c1COc1ccccc1Cl. The summed E-state index contributed by atoms with van der Waals surface area (Å²) in [5, 5.41) is 16.5. The zero-order valence-electron chi connectivity index (χ0n) is 9.78. The maximum atomic E-state index is 10.8. The average molecular weight is 277 g/mol. The summed E-state index contributed by atoms with van der Waals surface area (Å²) in [4.78, 5) is 10.8. The van der Waals surface area contributed by atoms with Crippen LogP contribution in [0.1, 0.15) is 16.2 Å². The lowest BCUT2D eigenvalue weighted by atomic mass is 10.3. The monoisotopic (exact) mass is 276 g/mol. The molecule has 2 rings (SSSR count). The molecule has 0 aliphatic rings. The lowest BCUT2D eigenvalue weighted by molar-refractivity contribution is 0.111. The van der Waals surface area contributed by atoms with Crippen molar-refractivity contribution in [3.8, 4) is 11.8 Å². The van der Waals surface area contributed by atoms with Crippen LogP contribution < -0.4 is 4.74 Å². The number of carbonyl (C=O) groups is 1. The lowest BCUT2D eigenvalue weighted by Gasteiger charge is -2.08. The van der Waals surface area contributed by atoms with E-state index in [1.54, 1.807) is 24.3 Å². The Morgan fingerprint density at radius 2 is 2.26 bits per heavy atom. The van der Waals surface area contributed by atoms with Crippen molar-refractivity contribution < 1.29 is 9.53 Å². The summed E-state index contributed by atoms with van der Waals surface area (Å²) in [5.74, 6) is 0.491. The largest absolute Gasteiger partial charge is 0.486 e. The minimum atomic E-state index is 0.00204. The summed E-state index contributed by atoms with van der Waals surface area (Å²) in [7, 11) is 0. The molecule has 0 bridgehead atoms. The van der Waals surface area contributed by atoms with E-state index in [0.29, 0.717) is 22.8 Å². The summed E-state index contributed by atoms with van der Waals surface area (Å²) in [5.41, 5.74) is 0.596. The van der Waals surface area contributed by atoms with Gasteiger partial charge in [0, 0.05) is 0 Å². The lowest BCUT2D eigenvalue weighted by Crippen LogP contribution is -2.08. The number of halogens is 1. The van der Waals surface area contributed by atoms with E-state index in [1.807, 2.05) is 6.07 Å². The predicted octanol–water partition coefficient (Wildman–Crippen LogP) is 1.85. The maximum Gasteiger partial charge on any atom is 0.172 e. The number of carbonyl (C=O) groups excluding carboxylic acids is 1. The highest BCUT2D eigenvalue weighted by atomic mass is 35.5. The smallest absolute Gasteiger partial charge is 0.172 e. The molecule has 0 saturated carbocycles. The van der Waals surface area contributed by atoms with Gasteiger partial charge in [-0.3, -0.25) is 4.79 Å². The number of nitrogens with zero attached hydrogens (tertiary/aromatic N) is 4. The van der Waals surface area contributed by atoms with Crippen molar-refractivity contribution in [3.05, 3.63) is 40.7 Å². The van der Waals surface area contributed by atoms with E-state index in [1.165, 1.54) is 4.68 Å². The topological polar surface area (TPSA) is 80.8 Å². The first kappa shape index (κ1) is 13.1. The molecule has 19 heavy (non-hydrogen) atoms. The maximum absolute atomic E-state index is 10.8. The standard InChI is InChI=1S/C12H9ClN4O2/c13-9-3-1-2-4-12(9)19-8-11-10(7-18)15-16-17(11)6-5-14/h1-4,7H,6,8H2. The van der Waals surface area contributed by atoms with Crippen molar-refractivity contribution >= 4 is 17.9 Å². The predicted molar refractivity (Wildman–Crippen MR) is 66.8 cm³/mol. The number of rotatable bonds is 5. The number of benzene rings is 1. The molecule has 0 atom stereocenters. The zero-order chi connectivity index (χ0) is 13.7. The van der Waals surface area contributed by atoms with Gasteiger partial charge < -0.3 is 4.74 Å². The quantitative estimate of drug-likeness (QED) is 0.779. The number of hydrogen-bond acceptors (Lipinski definition) is 5. The first-order chi connectivity index (χ1) is 9.26. The molecule has 0 aliphatic carbocycles. The fourth-order valence-electron chi connectivity index (χ4n) is 1.49. The summed E-state index contributed by atoms with van der Waals surface area (Å²) in [6, 6.07) is 8.91.